The van der Waals surface area contributed by atoms with E-state index in [1.54, 1.807) is 0 Å². The Bertz CT molecular complexity index is 582. The summed E-state index contributed by atoms with van der Waals surface area (Å²) in [6, 6.07) is 8.80. The zero-order chi connectivity index (χ0) is 15.5. The zero-order valence-corrected chi connectivity index (χ0v) is 14.6. The van der Waals surface area contributed by atoms with Crippen molar-refractivity contribution < 1.29 is 4.42 Å². The molecule has 3 heteroatoms. The highest BCUT2D eigenvalue weighted by molar-refractivity contribution is 8.00. The molecule has 0 fully saturated rings. The number of hydrogen-bond donors (Lipinski definition) is 1. The zero-order valence-electron chi connectivity index (χ0n) is 13.8. The third-order valence-corrected chi connectivity index (χ3v) is 4.79. The molecule has 1 unspecified atom stereocenters. The van der Waals surface area contributed by atoms with Gasteiger partial charge in [-0.3, -0.25) is 0 Å². The van der Waals surface area contributed by atoms with E-state index in [2.05, 4.69) is 64.2 Å². The van der Waals surface area contributed by atoms with E-state index >= 15 is 0 Å². The van der Waals surface area contributed by atoms with Gasteiger partial charge in [0.15, 0.2) is 0 Å². The minimum atomic E-state index is 0.272. The number of hydrogen-bond acceptors (Lipinski definition) is 3. The number of nitrogens with one attached hydrogen (secondary N) is 1. The Balaban J connectivity index is 2.23. The molecule has 0 aliphatic heterocycles. The molecule has 0 radical (unpaired) electrons. The van der Waals surface area contributed by atoms with Crippen molar-refractivity contribution in [3.05, 3.63) is 35.6 Å². The van der Waals surface area contributed by atoms with Gasteiger partial charge >= 0.3 is 0 Å². The first-order valence-corrected chi connectivity index (χ1v) is 8.75. The summed E-state index contributed by atoms with van der Waals surface area (Å²) in [5.41, 5.74) is 2.23. The van der Waals surface area contributed by atoms with Gasteiger partial charge in [0.2, 0.25) is 0 Å². The Hall–Kier alpha value is -0.930. The summed E-state index contributed by atoms with van der Waals surface area (Å²) in [4.78, 5) is 0. The third-order valence-electron chi connectivity index (χ3n) is 3.43. The molecule has 0 amide bonds. The summed E-state index contributed by atoms with van der Waals surface area (Å²) < 4.78 is 6.42. The first kappa shape index (κ1) is 16.4. The van der Waals surface area contributed by atoms with Crippen LogP contribution in [0.25, 0.3) is 11.0 Å². The van der Waals surface area contributed by atoms with Crippen molar-refractivity contribution >= 4 is 22.7 Å². The van der Waals surface area contributed by atoms with Crippen LogP contribution in [-0.4, -0.2) is 17.0 Å². The predicted molar refractivity (Wildman–Crippen MR) is 94.2 cm³/mol. The van der Waals surface area contributed by atoms with Gasteiger partial charge in [-0.05, 0) is 31.5 Å². The van der Waals surface area contributed by atoms with Crippen LogP contribution >= 0.6 is 11.8 Å². The topological polar surface area (TPSA) is 25.2 Å². The first-order chi connectivity index (χ1) is 9.90. The maximum absolute atomic E-state index is 6.15. The van der Waals surface area contributed by atoms with Gasteiger partial charge in [0.05, 0.1) is 6.04 Å². The molecule has 0 saturated heterocycles. The highest BCUT2D eigenvalue weighted by atomic mass is 32.2. The van der Waals surface area contributed by atoms with E-state index in [1.165, 1.54) is 10.9 Å². The lowest BCUT2D eigenvalue weighted by molar-refractivity contribution is 0.455. The quantitative estimate of drug-likeness (QED) is 0.782. The monoisotopic (exact) mass is 305 g/mol. The van der Waals surface area contributed by atoms with Crippen molar-refractivity contribution in [1.29, 1.82) is 0 Å². The summed E-state index contributed by atoms with van der Waals surface area (Å²) in [6.07, 6.45) is 1.13. The molecule has 2 rings (SSSR count). The lowest BCUT2D eigenvalue weighted by Crippen LogP contribution is -2.25. The highest BCUT2D eigenvalue weighted by Crippen LogP contribution is 2.32. The summed E-state index contributed by atoms with van der Waals surface area (Å²) in [5, 5.41) is 4.83. The molecular formula is C18H27NOS. The lowest BCUT2D eigenvalue weighted by Gasteiger charge is -2.22. The third kappa shape index (κ3) is 4.52. The van der Waals surface area contributed by atoms with Crippen LogP contribution in [0.5, 0.6) is 0 Å². The molecule has 0 saturated carbocycles. The van der Waals surface area contributed by atoms with E-state index in [9.17, 15) is 0 Å². The molecule has 1 heterocycles. The largest absolute Gasteiger partial charge is 0.459 e. The van der Waals surface area contributed by atoms with E-state index in [0.717, 1.165) is 30.1 Å². The molecule has 0 aliphatic carbocycles. The summed E-state index contributed by atoms with van der Waals surface area (Å²) in [6.45, 7) is 12.1. The number of benzene rings is 1. The molecule has 1 aromatic heterocycles. The Morgan fingerprint density at radius 3 is 2.67 bits per heavy atom. The Labute approximate surface area is 132 Å². The van der Waals surface area contributed by atoms with Crippen LogP contribution in [0.4, 0.5) is 0 Å². The summed E-state index contributed by atoms with van der Waals surface area (Å²) >= 11 is 1.98. The molecule has 0 bridgehead atoms. The van der Waals surface area contributed by atoms with Crippen LogP contribution in [0.3, 0.4) is 0 Å². The van der Waals surface area contributed by atoms with E-state index in [1.807, 2.05) is 11.8 Å². The van der Waals surface area contributed by atoms with Gasteiger partial charge in [-0.2, -0.15) is 11.8 Å². The van der Waals surface area contributed by atoms with Crippen LogP contribution in [0, 0.1) is 6.92 Å². The number of thioether (sulfide) groups is 1. The molecule has 1 aromatic carbocycles. The number of rotatable bonds is 6. The number of aryl methyl sites for hydroxylation is 1. The van der Waals surface area contributed by atoms with Gasteiger partial charge in [0, 0.05) is 15.9 Å². The van der Waals surface area contributed by atoms with E-state index < -0.39 is 0 Å². The molecule has 1 atom stereocenters. The second kappa shape index (κ2) is 6.89. The molecule has 0 spiro atoms. The smallest absolute Gasteiger partial charge is 0.137 e. The summed E-state index contributed by atoms with van der Waals surface area (Å²) in [7, 11) is 0. The van der Waals surface area contributed by atoms with Crippen molar-refractivity contribution in [1.82, 2.24) is 5.32 Å². The normalized spacial score (nSPS) is 13.8. The molecule has 1 N–H and O–H groups in total. The molecule has 21 heavy (non-hydrogen) atoms. The maximum Gasteiger partial charge on any atom is 0.137 e. The average Bonchev–Trinajstić information content (AvgIpc) is 2.83. The maximum atomic E-state index is 6.15. The molecule has 2 nitrogen and oxygen atoms in total. The molecule has 2 aromatic rings. The minimum absolute atomic E-state index is 0.272. The van der Waals surface area contributed by atoms with Crippen LogP contribution in [0.2, 0.25) is 0 Å². The highest BCUT2D eigenvalue weighted by Gasteiger charge is 2.20. The molecular weight excluding hydrogens is 278 g/mol. The van der Waals surface area contributed by atoms with Crippen LogP contribution in [-0.2, 0) is 0 Å². The van der Waals surface area contributed by atoms with Crippen LogP contribution in [0.15, 0.2) is 28.7 Å². The van der Waals surface area contributed by atoms with E-state index in [4.69, 9.17) is 4.42 Å². The van der Waals surface area contributed by atoms with Gasteiger partial charge in [-0.15, -0.1) is 0 Å². The van der Waals surface area contributed by atoms with Crippen LogP contribution < -0.4 is 5.32 Å². The van der Waals surface area contributed by atoms with E-state index in [0.29, 0.717) is 0 Å². The average molecular weight is 305 g/mol. The Kier molecular flexibility index (Phi) is 5.39. The van der Waals surface area contributed by atoms with Crippen molar-refractivity contribution in [2.75, 3.05) is 12.3 Å². The predicted octanol–water partition coefficient (Wildman–Crippen LogP) is 5.31. The van der Waals surface area contributed by atoms with Crippen LogP contribution in [0.1, 0.15) is 51.5 Å². The number of fused-ring (bicyclic) bond motifs is 1. The minimum Gasteiger partial charge on any atom is -0.459 e. The van der Waals surface area contributed by atoms with Gasteiger partial charge in [-0.1, -0.05) is 45.9 Å². The van der Waals surface area contributed by atoms with E-state index in [-0.39, 0.29) is 10.8 Å². The fourth-order valence-electron chi connectivity index (χ4n) is 2.29. The first-order valence-electron chi connectivity index (χ1n) is 7.77. The number of para-hydroxylation sites is 1. The number of furan rings is 1. The Morgan fingerprint density at radius 1 is 1.29 bits per heavy atom. The van der Waals surface area contributed by atoms with Gasteiger partial charge in [0.1, 0.15) is 11.3 Å². The fourth-order valence-corrected chi connectivity index (χ4v) is 3.24. The second-order valence-electron chi connectivity index (χ2n) is 6.57. The second-order valence-corrected chi connectivity index (χ2v) is 8.42. The fraction of sp³-hybridized carbons (Fsp3) is 0.556. The molecule has 116 valence electrons. The SMILES string of the molecule is CCCNC(CSC(C)(C)C)c1cc2cccc(C)c2o1. The van der Waals surface area contributed by atoms with Gasteiger partial charge in [-0.25, -0.2) is 0 Å². The van der Waals surface area contributed by atoms with Gasteiger partial charge in [0.25, 0.3) is 0 Å². The van der Waals surface area contributed by atoms with Crippen molar-refractivity contribution in [2.45, 2.75) is 51.8 Å². The lowest BCUT2D eigenvalue weighted by atomic mass is 10.1. The standard InChI is InChI=1S/C18H27NOS/c1-6-10-19-15(12-21-18(3,4)5)16-11-14-9-7-8-13(2)17(14)20-16/h7-9,11,15,19H,6,10,12H2,1-5H3. The molecule has 0 aliphatic rings. The van der Waals surface area contributed by atoms with Crippen molar-refractivity contribution in [2.24, 2.45) is 0 Å². The van der Waals surface area contributed by atoms with Gasteiger partial charge < -0.3 is 9.73 Å². The van der Waals surface area contributed by atoms with Crippen molar-refractivity contribution in [3.63, 3.8) is 0 Å². The summed E-state index contributed by atoms with van der Waals surface area (Å²) in [5.74, 6) is 2.09. The Morgan fingerprint density at radius 2 is 2.05 bits per heavy atom. The van der Waals surface area contributed by atoms with Crippen molar-refractivity contribution in [3.8, 4) is 0 Å².